The van der Waals surface area contributed by atoms with Crippen molar-refractivity contribution >= 4 is 39.1 Å². The van der Waals surface area contributed by atoms with Gasteiger partial charge in [-0.05, 0) is 0 Å². The number of anilines is 1. The quantitative estimate of drug-likeness (QED) is 0.802. The second-order valence-corrected chi connectivity index (χ2v) is 4.65. The Labute approximate surface area is 97.2 Å². The number of rotatable bonds is 4. The van der Waals surface area contributed by atoms with Gasteiger partial charge < -0.3 is 0 Å². The minimum absolute atomic E-state index is 0.0400. The van der Waals surface area contributed by atoms with Crippen molar-refractivity contribution in [3.05, 3.63) is 16.6 Å². The third-order valence-corrected chi connectivity index (χ3v) is 3.04. The van der Waals surface area contributed by atoms with Crippen molar-refractivity contribution in [1.82, 2.24) is 14.7 Å². The molecule has 0 unspecified atom stereocenters. The first kappa shape index (κ1) is 12.4. The highest BCUT2D eigenvalue weighted by molar-refractivity contribution is 7.90. The van der Waals surface area contributed by atoms with Crippen LogP contribution in [0.3, 0.4) is 0 Å². The first-order chi connectivity index (χ1) is 6.96. The summed E-state index contributed by atoms with van der Waals surface area (Å²) in [5.41, 5.74) is -0.0400. The SMILES string of the molecule is CCNS(=O)(=O)Nc1c(Cl)ncnc1Cl. The Morgan fingerprint density at radius 3 is 2.33 bits per heavy atom. The zero-order valence-electron chi connectivity index (χ0n) is 7.66. The summed E-state index contributed by atoms with van der Waals surface area (Å²) < 4.78 is 27.0. The molecule has 0 aromatic carbocycles. The molecule has 0 bridgehead atoms. The van der Waals surface area contributed by atoms with Crippen LogP contribution >= 0.6 is 23.2 Å². The highest BCUT2D eigenvalue weighted by Gasteiger charge is 2.15. The van der Waals surface area contributed by atoms with Gasteiger partial charge in [-0.3, -0.25) is 4.72 Å². The van der Waals surface area contributed by atoms with Crippen LogP contribution in [0.2, 0.25) is 10.3 Å². The molecule has 1 aromatic rings. The van der Waals surface area contributed by atoms with Gasteiger partial charge in [-0.1, -0.05) is 30.1 Å². The van der Waals surface area contributed by atoms with Crippen molar-refractivity contribution in [3.63, 3.8) is 0 Å². The topological polar surface area (TPSA) is 84.0 Å². The summed E-state index contributed by atoms with van der Waals surface area (Å²) in [5.74, 6) is 0. The van der Waals surface area contributed by atoms with E-state index in [1.165, 1.54) is 0 Å². The van der Waals surface area contributed by atoms with Crippen LogP contribution in [-0.2, 0) is 10.2 Å². The van der Waals surface area contributed by atoms with Gasteiger partial charge in [-0.15, -0.1) is 0 Å². The lowest BCUT2D eigenvalue weighted by molar-refractivity contribution is 0.589. The van der Waals surface area contributed by atoms with Crippen molar-refractivity contribution in [2.45, 2.75) is 6.92 Å². The monoisotopic (exact) mass is 270 g/mol. The molecule has 0 saturated carbocycles. The summed E-state index contributed by atoms with van der Waals surface area (Å²) in [6.45, 7) is 1.89. The second kappa shape index (κ2) is 4.93. The molecule has 0 spiro atoms. The van der Waals surface area contributed by atoms with E-state index in [9.17, 15) is 8.42 Å². The minimum atomic E-state index is -3.68. The van der Waals surface area contributed by atoms with Gasteiger partial charge in [-0.25, -0.2) is 9.97 Å². The average Bonchev–Trinajstić information content (AvgIpc) is 2.11. The lowest BCUT2D eigenvalue weighted by atomic mass is 10.6. The zero-order valence-corrected chi connectivity index (χ0v) is 9.99. The zero-order chi connectivity index (χ0) is 11.5. The maximum atomic E-state index is 11.3. The molecule has 84 valence electrons. The summed E-state index contributed by atoms with van der Waals surface area (Å²) in [5, 5.41) is -0.118. The molecule has 0 saturated heterocycles. The molecular formula is C6H8Cl2N4O2S. The van der Waals surface area contributed by atoms with E-state index in [1.807, 2.05) is 0 Å². The molecular weight excluding hydrogens is 263 g/mol. The van der Waals surface area contributed by atoms with Crippen LogP contribution in [0.5, 0.6) is 0 Å². The molecule has 0 aliphatic heterocycles. The minimum Gasteiger partial charge on any atom is -0.265 e. The summed E-state index contributed by atoms with van der Waals surface area (Å²) in [4.78, 5) is 7.20. The Bertz CT molecular complexity index is 430. The number of hydrogen-bond acceptors (Lipinski definition) is 4. The Kier molecular flexibility index (Phi) is 4.09. The molecule has 0 atom stereocenters. The van der Waals surface area contributed by atoms with Crippen LogP contribution in [0.4, 0.5) is 5.69 Å². The molecule has 0 amide bonds. The highest BCUT2D eigenvalue weighted by atomic mass is 35.5. The maximum absolute atomic E-state index is 11.3. The third-order valence-electron chi connectivity index (χ3n) is 1.33. The molecule has 2 N–H and O–H groups in total. The average molecular weight is 271 g/mol. The van der Waals surface area contributed by atoms with Crippen LogP contribution in [0.15, 0.2) is 6.33 Å². The van der Waals surface area contributed by atoms with Crippen molar-refractivity contribution in [1.29, 1.82) is 0 Å². The van der Waals surface area contributed by atoms with E-state index in [4.69, 9.17) is 23.2 Å². The highest BCUT2D eigenvalue weighted by Crippen LogP contribution is 2.26. The number of nitrogens with one attached hydrogen (secondary N) is 2. The summed E-state index contributed by atoms with van der Waals surface area (Å²) >= 11 is 11.3. The Balaban J connectivity index is 2.99. The van der Waals surface area contributed by atoms with Crippen LogP contribution in [-0.4, -0.2) is 24.9 Å². The molecule has 1 aromatic heterocycles. The number of nitrogens with zero attached hydrogens (tertiary/aromatic N) is 2. The Hall–Kier alpha value is -0.630. The summed E-state index contributed by atoms with van der Waals surface area (Å²) in [6.07, 6.45) is 1.13. The normalized spacial score (nSPS) is 11.4. The summed E-state index contributed by atoms with van der Waals surface area (Å²) in [6, 6.07) is 0. The predicted molar refractivity (Wildman–Crippen MR) is 58.3 cm³/mol. The predicted octanol–water partition coefficient (Wildman–Crippen LogP) is 1.05. The fourth-order valence-corrected chi connectivity index (χ4v) is 2.22. The molecule has 0 aliphatic rings. The number of aromatic nitrogens is 2. The van der Waals surface area contributed by atoms with E-state index in [-0.39, 0.29) is 22.5 Å². The Morgan fingerprint density at radius 2 is 1.87 bits per heavy atom. The van der Waals surface area contributed by atoms with Crippen LogP contribution in [0.1, 0.15) is 6.92 Å². The lowest BCUT2D eigenvalue weighted by Gasteiger charge is -2.09. The maximum Gasteiger partial charge on any atom is 0.299 e. The van der Waals surface area contributed by atoms with Gasteiger partial charge in [0.05, 0.1) is 0 Å². The van der Waals surface area contributed by atoms with E-state index >= 15 is 0 Å². The van der Waals surface area contributed by atoms with Gasteiger partial charge in [0.1, 0.15) is 12.0 Å². The van der Waals surface area contributed by atoms with Crippen molar-refractivity contribution < 1.29 is 8.42 Å². The lowest BCUT2D eigenvalue weighted by Crippen LogP contribution is -2.30. The fourth-order valence-electron chi connectivity index (χ4n) is 0.789. The Morgan fingerprint density at radius 1 is 1.33 bits per heavy atom. The number of hydrogen-bond donors (Lipinski definition) is 2. The van der Waals surface area contributed by atoms with E-state index < -0.39 is 10.2 Å². The van der Waals surface area contributed by atoms with Crippen molar-refractivity contribution in [2.75, 3.05) is 11.3 Å². The van der Waals surface area contributed by atoms with E-state index in [1.54, 1.807) is 6.92 Å². The van der Waals surface area contributed by atoms with Gasteiger partial charge in [0, 0.05) is 6.54 Å². The smallest absolute Gasteiger partial charge is 0.265 e. The largest absolute Gasteiger partial charge is 0.299 e. The molecule has 0 fully saturated rings. The van der Waals surface area contributed by atoms with E-state index in [0.29, 0.717) is 0 Å². The van der Waals surface area contributed by atoms with Crippen molar-refractivity contribution in [2.24, 2.45) is 0 Å². The van der Waals surface area contributed by atoms with Crippen LogP contribution < -0.4 is 9.44 Å². The molecule has 0 radical (unpaired) electrons. The first-order valence-corrected chi connectivity index (χ1v) is 6.13. The van der Waals surface area contributed by atoms with Crippen LogP contribution in [0, 0.1) is 0 Å². The molecule has 6 nitrogen and oxygen atoms in total. The molecule has 15 heavy (non-hydrogen) atoms. The number of halogens is 2. The van der Waals surface area contributed by atoms with Gasteiger partial charge >= 0.3 is 0 Å². The van der Waals surface area contributed by atoms with Gasteiger partial charge in [-0.2, -0.15) is 13.1 Å². The van der Waals surface area contributed by atoms with E-state index in [0.717, 1.165) is 6.33 Å². The summed E-state index contributed by atoms with van der Waals surface area (Å²) in [7, 11) is -3.68. The van der Waals surface area contributed by atoms with Crippen LogP contribution in [0.25, 0.3) is 0 Å². The molecule has 1 heterocycles. The molecule has 0 aliphatic carbocycles. The van der Waals surface area contributed by atoms with Gasteiger partial charge in [0.25, 0.3) is 10.2 Å². The standard InChI is InChI=1S/C6H8Cl2N4O2S/c1-2-11-15(13,14)12-4-5(7)9-3-10-6(4)8/h3,11-12H,2H2,1H3. The van der Waals surface area contributed by atoms with Gasteiger partial charge in [0.15, 0.2) is 10.3 Å². The third kappa shape index (κ3) is 3.45. The molecule has 1 rings (SSSR count). The molecule has 9 heteroatoms. The fraction of sp³-hybridized carbons (Fsp3) is 0.333. The van der Waals surface area contributed by atoms with E-state index in [2.05, 4.69) is 19.4 Å². The second-order valence-electron chi connectivity index (χ2n) is 2.43. The first-order valence-electron chi connectivity index (χ1n) is 3.89. The van der Waals surface area contributed by atoms with Gasteiger partial charge in [0.2, 0.25) is 0 Å². The van der Waals surface area contributed by atoms with Crippen molar-refractivity contribution in [3.8, 4) is 0 Å².